The number of rotatable bonds is 2. The smallest absolute Gasteiger partial charge is 0.123 e. The van der Waals surface area contributed by atoms with Crippen molar-refractivity contribution in [3.8, 4) is 0 Å². The predicted octanol–water partition coefficient (Wildman–Crippen LogP) is 2.55. The molecule has 0 atom stereocenters. The molecule has 0 bridgehead atoms. The highest BCUT2D eigenvalue weighted by Crippen LogP contribution is 2.02. The summed E-state index contributed by atoms with van der Waals surface area (Å²) in [6.07, 6.45) is 2.60. The molecule has 0 saturated heterocycles. The summed E-state index contributed by atoms with van der Waals surface area (Å²) < 4.78 is 12.3. The number of allylic oxidation sites excluding steroid dienone is 1. The van der Waals surface area contributed by atoms with E-state index >= 15 is 0 Å². The SMILES string of the molecule is C=CCc1ccc(F)cc1. The summed E-state index contributed by atoms with van der Waals surface area (Å²) >= 11 is 0. The van der Waals surface area contributed by atoms with Gasteiger partial charge in [-0.05, 0) is 24.1 Å². The average molecular weight is 136 g/mol. The maximum Gasteiger partial charge on any atom is 0.123 e. The van der Waals surface area contributed by atoms with Crippen molar-refractivity contribution in [2.75, 3.05) is 0 Å². The fraction of sp³-hybridized carbons (Fsp3) is 0.111. The predicted molar refractivity (Wildman–Crippen MR) is 40.3 cm³/mol. The lowest BCUT2D eigenvalue weighted by Gasteiger charge is -1.93. The second kappa shape index (κ2) is 3.16. The molecule has 0 aliphatic carbocycles. The molecule has 0 spiro atoms. The second-order valence-electron chi connectivity index (χ2n) is 2.12. The van der Waals surface area contributed by atoms with Crippen LogP contribution in [0.5, 0.6) is 0 Å². The minimum absolute atomic E-state index is 0.187. The molecule has 0 saturated carbocycles. The first-order valence-electron chi connectivity index (χ1n) is 3.18. The molecular weight excluding hydrogens is 127 g/mol. The van der Waals surface area contributed by atoms with Crippen LogP contribution in [0.2, 0.25) is 0 Å². The molecule has 0 fully saturated rings. The highest BCUT2D eigenvalue weighted by molar-refractivity contribution is 5.17. The van der Waals surface area contributed by atoms with Crippen LogP contribution in [0.4, 0.5) is 4.39 Å². The zero-order valence-electron chi connectivity index (χ0n) is 5.68. The molecule has 0 amide bonds. The molecule has 0 nitrogen and oxygen atoms in total. The molecular formula is C9H9F. The van der Waals surface area contributed by atoms with Gasteiger partial charge in [-0.25, -0.2) is 4.39 Å². The Kier molecular flexibility index (Phi) is 2.21. The molecule has 1 aromatic rings. The molecule has 10 heavy (non-hydrogen) atoms. The molecule has 0 heterocycles. The molecule has 0 N–H and O–H groups in total. The normalized spacial score (nSPS) is 9.30. The number of benzene rings is 1. The van der Waals surface area contributed by atoms with Gasteiger partial charge >= 0.3 is 0 Å². The Bertz CT molecular complexity index is 211. The van der Waals surface area contributed by atoms with E-state index in [9.17, 15) is 4.39 Å². The van der Waals surface area contributed by atoms with Crippen LogP contribution in [0.1, 0.15) is 5.56 Å². The van der Waals surface area contributed by atoms with Crippen molar-refractivity contribution in [1.82, 2.24) is 0 Å². The molecule has 1 rings (SSSR count). The van der Waals surface area contributed by atoms with Gasteiger partial charge in [-0.3, -0.25) is 0 Å². The maximum atomic E-state index is 12.3. The summed E-state index contributed by atoms with van der Waals surface area (Å²) in [5.41, 5.74) is 1.09. The molecule has 1 heteroatoms. The fourth-order valence-corrected chi connectivity index (χ4v) is 0.787. The van der Waals surface area contributed by atoms with E-state index in [4.69, 9.17) is 0 Å². The Balaban J connectivity index is 2.78. The van der Waals surface area contributed by atoms with Crippen LogP contribution in [0.25, 0.3) is 0 Å². The van der Waals surface area contributed by atoms with Crippen molar-refractivity contribution in [3.63, 3.8) is 0 Å². The third-order valence-corrected chi connectivity index (χ3v) is 1.29. The van der Waals surface area contributed by atoms with Gasteiger partial charge in [-0.15, -0.1) is 6.58 Å². The largest absolute Gasteiger partial charge is 0.207 e. The van der Waals surface area contributed by atoms with E-state index in [-0.39, 0.29) is 5.82 Å². The van der Waals surface area contributed by atoms with Crippen molar-refractivity contribution in [3.05, 3.63) is 48.3 Å². The summed E-state index contributed by atoms with van der Waals surface area (Å²) in [5, 5.41) is 0. The highest BCUT2D eigenvalue weighted by atomic mass is 19.1. The van der Waals surface area contributed by atoms with Crippen LogP contribution in [0.3, 0.4) is 0 Å². The minimum atomic E-state index is -0.187. The van der Waals surface area contributed by atoms with Gasteiger partial charge in [0.15, 0.2) is 0 Å². The van der Waals surface area contributed by atoms with Gasteiger partial charge in [0.25, 0.3) is 0 Å². The molecule has 0 radical (unpaired) electrons. The standard InChI is InChI=1S/C9H9F/c1-2-3-8-4-6-9(10)7-5-8/h2,4-7H,1,3H2. The zero-order chi connectivity index (χ0) is 7.40. The van der Waals surface area contributed by atoms with Gasteiger partial charge in [0.2, 0.25) is 0 Å². The van der Waals surface area contributed by atoms with Crippen molar-refractivity contribution >= 4 is 0 Å². The molecule has 1 aromatic carbocycles. The lowest BCUT2D eigenvalue weighted by Crippen LogP contribution is -1.79. The molecule has 0 aliphatic heterocycles. The third kappa shape index (κ3) is 1.69. The Hall–Kier alpha value is -1.11. The first-order chi connectivity index (χ1) is 4.83. The van der Waals surface area contributed by atoms with E-state index in [0.29, 0.717) is 0 Å². The van der Waals surface area contributed by atoms with Crippen molar-refractivity contribution in [2.45, 2.75) is 6.42 Å². The number of halogens is 1. The summed E-state index contributed by atoms with van der Waals surface area (Å²) in [6, 6.07) is 6.44. The lowest BCUT2D eigenvalue weighted by molar-refractivity contribution is 0.627. The summed E-state index contributed by atoms with van der Waals surface area (Å²) in [6.45, 7) is 3.58. The van der Waals surface area contributed by atoms with E-state index in [2.05, 4.69) is 6.58 Å². The van der Waals surface area contributed by atoms with E-state index in [0.717, 1.165) is 12.0 Å². The van der Waals surface area contributed by atoms with Crippen LogP contribution in [0.15, 0.2) is 36.9 Å². The van der Waals surface area contributed by atoms with E-state index in [1.807, 2.05) is 0 Å². The Morgan fingerprint density at radius 1 is 1.30 bits per heavy atom. The quantitative estimate of drug-likeness (QED) is 0.548. The first kappa shape index (κ1) is 7.00. The third-order valence-electron chi connectivity index (χ3n) is 1.29. The summed E-state index contributed by atoms with van der Waals surface area (Å²) in [7, 11) is 0. The Morgan fingerprint density at radius 2 is 1.90 bits per heavy atom. The Morgan fingerprint density at radius 3 is 2.40 bits per heavy atom. The summed E-state index contributed by atoms with van der Waals surface area (Å²) in [5.74, 6) is -0.187. The maximum absolute atomic E-state index is 12.3. The van der Waals surface area contributed by atoms with Crippen molar-refractivity contribution in [2.24, 2.45) is 0 Å². The van der Waals surface area contributed by atoms with E-state index in [1.165, 1.54) is 12.1 Å². The summed E-state index contributed by atoms with van der Waals surface area (Å²) in [4.78, 5) is 0. The van der Waals surface area contributed by atoms with Crippen LogP contribution in [0, 0.1) is 5.82 Å². The van der Waals surface area contributed by atoms with Crippen LogP contribution < -0.4 is 0 Å². The molecule has 52 valence electrons. The van der Waals surface area contributed by atoms with Crippen LogP contribution in [-0.4, -0.2) is 0 Å². The van der Waals surface area contributed by atoms with Gasteiger partial charge in [-0.2, -0.15) is 0 Å². The minimum Gasteiger partial charge on any atom is -0.207 e. The van der Waals surface area contributed by atoms with Gasteiger partial charge in [-0.1, -0.05) is 18.2 Å². The van der Waals surface area contributed by atoms with Gasteiger partial charge in [0.1, 0.15) is 5.82 Å². The van der Waals surface area contributed by atoms with E-state index < -0.39 is 0 Å². The molecule has 0 unspecified atom stereocenters. The van der Waals surface area contributed by atoms with Gasteiger partial charge in [0.05, 0.1) is 0 Å². The van der Waals surface area contributed by atoms with Gasteiger partial charge in [0, 0.05) is 0 Å². The first-order valence-corrected chi connectivity index (χ1v) is 3.18. The van der Waals surface area contributed by atoms with E-state index in [1.54, 1.807) is 18.2 Å². The van der Waals surface area contributed by atoms with Crippen LogP contribution >= 0.6 is 0 Å². The molecule has 0 aliphatic rings. The monoisotopic (exact) mass is 136 g/mol. The average Bonchev–Trinajstić information content (AvgIpc) is 1.95. The highest BCUT2D eigenvalue weighted by Gasteiger charge is 1.88. The second-order valence-corrected chi connectivity index (χ2v) is 2.12. The topological polar surface area (TPSA) is 0 Å². The molecule has 0 aromatic heterocycles. The van der Waals surface area contributed by atoms with Crippen molar-refractivity contribution in [1.29, 1.82) is 0 Å². The van der Waals surface area contributed by atoms with Crippen LogP contribution in [-0.2, 0) is 6.42 Å². The Labute approximate surface area is 60.0 Å². The zero-order valence-corrected chi connectivity index (χ0v) is 5.68. The number of hydrogen-bond acceptors (Lipinski definition) is 0. The van der Waals surface area contributed by atoms with Gasteiger partial charge < -0.3 is 0 Å². The van der Waals surface area contributed by atoms with Crippen molar-refractivity contribution < 1.29 is 4.39 Å². The lowest BCUT2D eigenvalue weighted by atomic mass is 10.1. The fourth-order valence-electron chi connectivity index (χ4n) is 0.787. The number of hydrogen-bond donors (Lipinski definition) is 0.